The fraction of sp³-hybridized carbons (Fsp3) is 0.643. The number of carbonyl (C=O) groups is 1. The topological polar surface area (TPSA) is 88.5 Å². The lowest BCUT2D eigenvalue weighted by molar-refractivity contribution is -0.119. The van der Waals surface area contributed by atoms with Crippen molar-refractivity contribution >= 4 is 11.9 Å². The van der Waals surface area contributed by atoms with E-state index in [9.17, 15) is 4.79 Å². The predicted octanol–water partition coefficient (Wildman–Crippen LogP) is 0.0829. The zero-order valence-electron chi connectivity index (χ0n) is 12.7. The quantitative estimate of drug-likeness (QED) is 0.608. The number of nitrogens with zero attached hydrogens (tertiary/aromatic N) is 4. The van der Waals surface area contributed by atoms with Gasteiger partial charge in [-0.1, -0.05) is 0 Å². The third-order valence-electron chi connectivity index (χ3n) is 3.85. The Morgan fingerprint density at radius 3 is 3.05 bits per heavy atom. The summed E-state index contributed by atoms with van der Waals surface area (Å²) >= 11 is 0. The molecule has 1 unspecified atom stereocenters. The molecular weight excluding hydrogens is 268 g/mol. The van der Waals surface area contributed by atoms with Crippen molar-refractivity contribution in [3.63, 3.8) is 0 Å². The van der Waals surface area contributed by atoms with Crippen molar-refractivity contribution in [3.8, 4) is 0 Å². The molecule has 0 aliphatic carbocycles. The van der Waals surface area contributed by atoms with Gasteiger partial charge in [-0.3, -0.25) is 9.79 Å². The second-order valence-electron chi connectivity index (χ2n) is 5.48. The number of nitrogens with two attached hydrogens (primary N) is 1. The number of amides is 1. The number of guanidine groups is 1. The normalized spacial score (nSPS) is 19.6. The average Bonchev–Trinajstić information content (AvgIpc) is 2.85. The van der Waals surface area contributed by atoms with Gasteiger partial charge in [0.25, 0.3) is 0 Å². The smallest absolute Gasteiger partial charge is 0.217 e. The lowest BCUT2D eigenvalue weighted by Gasteiger charge is -2.34. The van der Waals surface area contributed by atoms with E-state index in [1.807, 2.05) is 17.8 Å². The molecule has 1 aromatic heterocycles. The van der Waals surface area contributed by atoms with Crippen LogP contribution in [0.25, 0.3) is 0 Å². The first kappa shape index (κ1) is 15.3. The highest BCUT2D eigenvalue weighted by Gasteiger charge is 2.23. The van der Waals surface area contributed by atoms with Crippen molar-refractivity contribution in [1.29, 1.82) is 0 Å². The van der Waals surface area contributed by atoms with Crippen LogP contribution >= 0.6 is 0 Å². The Kier molecular flexibility index (Phi) is 5.19. The third-order valence-corrected chi connectivity index (χ3v) is 3.85. The number of nitrogens with one attached hydrogen (secondary N) is 1. The molecule has 1 fully saturated rings. The van der Waals surface area contributed by atoms with Gasteiger partial charge in [0.1, 0.15) is 5.82 Å². The van der Waals surface area contributed by atoms with Gasteiger partial charge in [-0.15, -0.1) is 0 Å². The molecule has 1 aromatic rings. The molecular formula is C14H24N6O. The molecule has 1 saturated heterocycles. The summed E-state index contributed by atoms with van der Waals surface area (Å²) in [7, 11) is 3.75. The maximum absolute atomic E-state index is 11.1. The lowest BCUT2D eigenvalue weighted by atomic mass is 9.95. The molecule has 1 aliphatic rings. The maximum Gasteiger partial charge on any atom is 0.217 e. The molecule has 21 heavy (non-hydrogen) atoms. The zero-order chi connectivity index (χ0) is 15.2. The molecule has 3 N–H and O–H groups in total. The summed E-state index contributed by atoms with van der Waals surface area (Å²) in [6.45, 7) is 2.41. The van der Waals surface area contributed by atoms with Crippen LogP contribution in [0.5, 0.6) is 0 Å². The van der Waals surface area contributed by atoms with Crippen molar-refractivity contribution in [2.45, 2.75) is 25.8 Å². The number of piperidine rings is 1. The van der Waals surface area contributed by atoms with Crippen LogP contribution < -0.4 is 11.1 Å². The van der Waals surface area contributed by atoms with Crippen LogP contribution in [0.3, 0.4) is 0 Å². The maximum atomic E-state index is 11.1. The number of carbonyl (C=O) groups excluding carboxylic acids is 1. The number of primary amides is 1. The molecule has 7 heteroatoms. The van der Waals surface area contributed by atoms with Gasteiger partial charge in [0.2, 0.25) is 5.91 Å². The van der Waals surface area contributed by atoms with Crippen LogP contribution in [0.1, 0.15) is 25.1 Å². The van der Waals surface area contributed by atoms with E-state index in [0.29, 0.717) is 18.9 Å². The fourth-order valence-electron chi connectivity index (χ4n) is 2.77. The number of imidazole rings is 1. The predicted molar refractivity (Wildman–Crippen MR) is 81.5 cm³/mol. The number of aliphatic imine (C=N–C) groups is 1. The number of aromatic nitrogens is 2. The van der Waals surface area contributed by atoms with E-state index >= 15 is 0 Å². The molecule has 7 nitrogen and oxygen atoms in total. The van der Waals surface area contributed by atoms with Crippen molar-refractivity contribution in [2.75, 3.05) is 20.1 Å². The Bertz CT molecular complexity index is 509. The van der Waals surface area contributed by atoms with E-state index in [-0.39, 0.29) is 5.91 Å². The van der Waals surface area contributed by atoms with E-state index in [2.05, 4.69) is 20.2 Å². The van der Waals surface area contributed by atoms with Gasteiger partial charge in [-0.25, -0.2) is 4.98 Å². The minimum atomic E-state index is -0.224. The Morgan fingerprint density at radius 2 is 2.43 bits per heavy atom. The van der Waals surface area contributed by atoms with Crippen molar-refractivity contribution in [2.24, 2.45) is 23.7 Å². The van der Waals surface area contributed by atoms with E-state index in [0.717, 1.165) is 37.7 Å². The summed E-state index contributed by atoms with van der Waals surface area (Å²) < 4.78 is 1.98. The van der Waals surface area contributed by atoms with Crippen LogP contribution in [0.15, 0.2) is 17.4 Å². The van der Waals surface area contributed by atoms with Crippen molar-refractivity contribution in [3.05, 3.63) is 18.2 Å². The van der Waals surface area contributed by atoms with Crippen LogP contribution in [0.2, 0.25) is 0 Å². The average molecular weight is 292 g/mol. The Balaban J connectivity index is 1.91. The largest absolute Gasteiger partial charge is 0.370 e. The molecule has 116 valence electrons. The van der Waals surface area contributed by atoms with Gasteiger partial charge in [0.05, 0.1) is 6.54 Å². The minimum Gasteiger partial charge on any atom is -0.370 e. The molecule has 0 bridgehead atoms. The van der Waals surface area contributed by atoms with Gasteiger partial charge in [-0.2, -0.15) is 0 Å². The summed E-state index contributed by atoms with van der Waals surface area (Å²) in [4.78, 5) is 21.9. The lowest BCUT2D eigenvalue weighted by Crippen LogP contribution is -2.47. The fourth-order valence-corrected chi connectivity index (χ4v) is 2.77. The third kappa shape index (κ3) is 4.21. The SMILES string of the molecule is CN=C(NCc1nccn1C)N1CCCC(CC(N)=O)C1. The summed E-state index contributed by atoms with van der Waals surface area (Å²) in [5.74, 6) is 1.91. The van der Waals surface area contributed by atoms with E-state index < -0.39 is 0 Å². The van der Waals surface area contributed by atoms with Crippen LogP contribution in [-0.2, 0) is 18.4 Å². The van der Waals surface area contributed by atoms with E-state index in [1.54, 1.807) is 13.2 Å². The van der Waals surface area contributed by atoms with Crippen molar-refractivity contribution in [1.82, 2.24) is 19.8 Å². The van der Waals surface area contributed by atoms with Gasteiger partial charge in [0.15, 0.2) is 5.96 Å². The highest BCUT2D eigenvalue weighted by molar-refractivity contribution is 5.80. The standard InChI is InChI=1S/C14H24N6O/c1-16-14(18-9-13-17-5-7-19(13)2)20-6-3-4-11(10-20)8-12(15)21/h5,7,11H,3-4,6,8-10H2,1-2H3,(H2,15,21)(H,16,18). The summed E-state index contributed by atoms with van der Waals surface area (Å²) in [5, 5.41) is 3.33. The molecule has 0 aromatic carbocycles. The number of likely N-dealkylation sites (tertiary alicyclic amines) is 1. The summed E-state index contributed by atoms with van der Waals surface area (Å²) in [5.41, 5.74) is 5.30. The van der Waals surface area contributed by atoms with Gasteiger partial charge >= 0.3 is 0 Å². The number of hydrogen-bond donors (Lipinski definition) is 2. The molecule has 1 atom stereocenters. The van der Waals surface area contributed by atoms with Gasteiger partial charge in [-0.05, 0) is 18.8 Å². The molecule has 0 spiro atoms. The summed E-state index contributed by atoms with van der Waals surface area (Å²) in [6, 6.07) is 0. The Hall–Kier alpha value is -2.05. The monoisotopic (exact) mass is 292 g/mol. The van der Waals surface area contributed by atoms with Crippen LogP contribution in [0, 0.1) is 5.92 Å². The molecule has 2 heterocycles. The van der Waals surface area contributed by atoms with Gasteiger partial charge < -0.3 is 20.5 Å². The first-order valence-corrected chi connectivity index (χ1v) is 7.30. The summed E-state index contributed by atoms with van der Waals surface area (Å²) in [6.07, 6.45) is 6.26. The molecule has 1 amide bonds. The highest BCUT2D eigenvalue weighted by atomic mass is 16.1. The molecule has 0 saturated carbocycles. The zero-order valence-corrected chi connectivity index (χ0v) is 12.7. The van der Waals surface area contributed by atoms with Crippen LogP contribution in [0.4, 0.5) is 0 Å². The second kappa shape index (κ2) is 7.10. The van der Waals surface area contributed by atoms with Gasteiger partial charge in [0, 0.05) is 46.0 Å². The number of hydrogen-bond acceptors (Lipinski definition) is 3. The van der Waals surface area contributed by atoms with E-state index in [4.69, 9.17) is 5.73 Å². The Labute approximate surface area is 125 Å². The van der Waals surface area contributed by atoms with Crippen molar-refractivity contribution < 1.29 is 4.79 Å². The first-order chi connectivity index (χ1) is 10.1. The number of rotatable bonds is 4. The Morgan fingerprint density at radius 1 is 1.62 bits per heavy atom. The van der Waals surface area contributed by atoms with Crippen LogP contribution in [-0.4, -0.2) is 46.5 Å². The second-order valence-corrected chi connectivity index (χ2v) is 5.48. The molecule has 0 radical (unpaired) electrons. The molecule has 1 aliphatic heterocycles. The number of aryl methyl sites for hydroxylation is 1. The minimum absolute atomic E-state index is 0.224. The van der Waals surface area contributed by atoms with E-state index in [1.165, 1.54) is 0 Å². The highest BCUT2D eigenvalue weighted by Crippen LogP contribution is 2.19. The molecule has 2 rings (SSSR count). The first-order valence-electron chi connectivity index (χ1n) is 7.30.